The minimum atomic E-state index is -0.536. The van der Waals surface area contributed by atoms with Crippen LogP contribution < -0.4 is 10.1 Å². The number of nitrogens with one attached hydrogen (secondary N) is 1. The Bertz CT molecular complexity index is 706. The van der Waals surface area contributed by atoms with Crippen molar-refractivity contribution in [2.75, 3.05) is 26.7 Å². The van der Waals surface area contributed by atoms with E-state index in [1.807, 2.05) is 0 Å². The van der Waals surface area contributed by atoms with Gasteiger partial charge in [0.15, 0.2) is 17.9 Å². The SMILES string of the molecule is COc1ccc(CC(=O)OC2CCN3CCCN=C3N2)cc1[N+](=O)[O-]. The number of guanidine groups is 1. The maximum atomic E-state index is 12.2. The van der Waals surface area contributed by atoms with Gasteiger partial charge in [-0.25, -0.2) is 0 Å². The van der Waals surface area contributed by atoms with Crippen LogP contribution in [0.5, 0.6) is 5.75 Å². The van der Waals surface area contributed by atoms with Crippen molar-refractivity contribution in [3.63, 3.8) is 0 Å². The number of hydrogen-bond donors (Lipinski definition) is 1. The molecule has 3 rings (SSSR count). The third-order valence-electron chi connectivity index (χ3n) is 4.16. The van der Waals surface area contributed by atoms with E-state index in [4.69, 9.17) is 9.47 Å². The van der Waals surface area contributed by atoms with Gasteiger partial charge in [-0.1, -0.05) is 6.07 Å². The Morgan fingerprint density at radius 3 is 3.08 bits per heavy atom. The van der Waals surface area contributed by atoms with E-state index in [1.54, 1.807) is 6.07 Å². The smallest absolute Gasteiger partial charge is 0.312 e. The van der Waals surface area contributed by atoms with Crippen LogP contribution in [0.15, 0.2) is 23.2 Å². The normalized spacial score (nSPS) is 19.3. The second-order valence-corrected chi connectivity index (χ2v) is 5.90. The van der Waals surface area contributed by atoms with Gasteiger partial charge in [0.05, 0.1) is 18.5 Å². The van der Waals surface area contributed by atoms with Crippen LogP contribution in [0.3, 0.4) is 0 Å². The summed E-state index contributed by atoms with van der Waals surface area (Å²) in [5.74, 6) is 0.490. The molecule has 1 saturated heterocycles. The lowest BCUT2D eigenvalue weighted by Crippen LogP contribution is -2.55. The van der Waals surface area contributed by atoms with E-state index in [0.717, 1.165) is 32.0 Å². The van der Waals surface area contributed by atoms with Gasteiger partial charge in [0.1, 0.15) is 0 Å². The number of methoxy groups -OCH3 is 1. The number of esters is 1. The lowest BCUT2D eigenvalue weighted by atomic mass is 10.1. The first-order valence-corrected chi connectivity index (χ1v) is 8.13. The van der Waals surface area contributed by atoms with Gasteiger partial charge in [-0.15, -0.1) is 0 Å². The molecule has 0 aromatic heterocycles. The first-order valence-electron chi connectivity index (χ1n) is 8.13. The van der Waals surface area contributed by atoms with Crippen molar-refractivity contribution < 1.29 is 19.2 Å². The number of nitro groups is 1. The van der Waals surface area contributed by atoms with Crippen molar-refractivity contribution in [1.82, 2.24) is 10.2 Å². The Hall–Kier alpha value is -2.84. The summed E-state index contributed by atoms with van der Waals surface area (Å²) in [6.45, 7) is 2.52. The van der Waals surface area contributed by atoms with Crippen LogP contribution in [0, 0.1) is 10.1 Å². The number of benzene rings is 1. The fourth-order valence-electron chi connectivity index (χ4n) is 2.94. The highest BCUT2D eigenvalue weighted by atomic mass is 16.6. The second kappa shape index (κ2) is 7.37. The molecular formula is C16H20N4O5. The van der Waals surface area contributed by atoms with Crippen molar-refractivity contribution in [1.29, 1.82) is 0 Å². The number of carbonyl (C=O) groups is 1. The Balaban J connectivity index is 1.60. The number of aliphatic imine (C=N–C) groups is 1. The minimum absolute atomic E-state index is 0.0425. The quantitative estimate of drug-likeness (QED) is 0.482. The van der Waals surface area contributed by atoms with Crippen LogP contribution in [-0.4, -0.2) is 54.7 Å². The first kappa shape index (κ1) is 17.0. The Labute approximate surface area is 144 Å². The molecule has 0 spiro atoms. The first-order chi connectivity index (χ1) is 12.1. The molecule has 1 N–H and O–H groups in total. The van der Waals surface area contributed by atoms with Gasteiger partial charge in [0.25, 0.3) is 0 Å². The Morgan fingerprint density at radius 2 is 2.32 bits per heavy atom. The van der Waals surface area contributed by atoms with Gasteiger partial charge >= 0.3 is 11.7 Å². The van der Waals surface area contributed by atoms with Crippen molar-refractivity contribution >= 4 is 17.6 Å². The molecule has 0 aliphatic carbocycles. The standard InChI is InChI=1S/C16H20N4O5/c1-24-13-4-3-11(9-12(13)20(22)23)10-15(21)25-14-5-8-19-7-2-6-17-16(19)18-14/h3-4,9,14H,2,5-8,10H2,1H3,(H,17,18). The van der Waals surface area contributed by atoms with Gasteiger partial charge in [-0.05, 0) is 18.1 Å². The van der Waals surface area contributed by atoms with Crippen LogP contribution >= 0.6 is 0 Å². The summed E-state index contributed by atoms with van der Waals surface area (Å²) in [5, 5.41) is 14.2. The number of nitrogens with zero attached hydrogens (tertiary/aromatic N) is 3. The number of nitro benzene ring substituents is 1. The average Bonchev–Trinajstić information content (AvgIpc) is 2.61. The average molecular weight is 348 g/mol. The second-order valence-electron chi connectivity index (χ2n) is 5.90. The lowest BCUT2D eigenvalue weighted by molar-refractivity contribution is -0.385. The summed E-state index contributed by atoms with van der Waals surface area (Å²) in [4.78, 5) is 29.2. The summed E-state index contributed by atoms with van der Waals surface area (Å²) in [6.07, 6.45) is 1.24. The molecule has 2 aliphatic heterocycles. The van der Waals surface area contributed by atoms with Crippen LogP contribution in [-0.2, 0) is 16.0 Å². The van der Waals surface area contributed by atoms with Crippen molar-refractivity contribution in [2.45, 2.75) is 25.5 Å². The highest BCUT2D eigenvalue weighted by molar-refractivity contribution is 5.82. The monoisotopic (exact) mass is 348 g/mol. The molecule has 1 unspecified atom stereocenters. The van der Waals surface area contributed by atoms with Crippen molar-refractivity contribution in [3.05, 3.63) is 33.9 Å². The molecular weight excluding hydrogens is 328 g/mol. The van der Waals surface area contributed by atoms with Gasteiger partial charge in [0, 0.05) is 32.1 Å². The number of rotatable bonds is 5. The number of fused-ring (bicyclic) bond motifs is 1. The maximum absolute atomic E-state index is 12.2. The molecule has 2 aliphatic rings. The van der Waals surface area contributed by atoms with Crippen LogP contribution in [0.4, 0.5) is 5.69 Å². The number of hydrogen-bond acceptors (Lipinski definition) is 8. The summed E-state index contributed by atoms with van der Waals surface area (Å²) < 4.78 is 10.4. The molecule has 1 aromatic rings. The Morgan fingerprint density at radius 1 is 1.48 bits per heavy atom. The molecule has 134 valence electrons. The van der Waals surface area contributed by atoms with Gasteiger partial charge in [-0.2, -0.15) is 0 Å². The summed E-state index contributed by atoms with van der Waals surface area (Å²) >= 11 is 0. The zero-order chi connectivity index (χ0) is 17.8. The van der Waals surface area contributed by atoms with E-state index < -0.39 is 17.1 Å². The van der Waals surface area contributed by atoms with E-state index >= 15 is 0 Å². The molecule has 1 atom stereocenters. The molecule has 1 aromatic carbocycles. The fourth-order valence-corrected chi connectivity index (χ4v) is 2.94. The number of ether oxygens (including phenoxy) is 2. The van der Waals surface area contributed by atoms with Gasteiger partial charge in [0.2, 0.25) is 0 Å². The zero-order valence-corrected chi connectivity index (χ0v) is 13.9. The summed E-state index contributed by atoms with van der Waals surface area (Å²) in [6, 6.07) is 4.43. The summed E-state index contributed by atoms with van der Waals surface area (Å²) in [5.41, 5.74) is 0.334. The van der Waals surface area contributed by atoms with Crippen molar-refractivity contribution in [3.8, 4) is 5.75 Å². The molecule has 9 nitrogen and oxygen atoms in total. The van der Waals surface area contributed by atoms with Gasteiger partial charge in [-0.3, -0.25) is 19.9 Å². The predicted molar refractivity (Wildman–Crippen MR) is 89.5 cm³/mol. The van der Waals surface area contributed by atoms with Crippen LogP contribution in [0.1, 0.15) is 18.4 Å². The largest absolute Gasteiger partial charge is 0.490 e. The Kier molecular flexibility index (Phi) is 5.01. The number of carbonyl (C=O) groups excluding carboxylic acids is 1. The van der Waals surface area contributed by atoms with Gasteiger partial charge < -0.3 is 19.7 Å². The highest BCUT2D eigenvalue weighted by Crippen LogP contribution is 2.27. The molecule has 0 radical (unpaired) electrons. The molecule has 2 heterocycles. The minimum Gasteiger partial charge on any atom is -0.490 e. The lowest BCUT2D eigenvalue weighted by Gasteiger charge is -2.37. The van der Waals surface area contributed by atoms with E-state index in [2.05, 4.69) is 15.2 Å². The van der Waals surface area contributed by atoms with Crippen LogP contribution in [0.2, 0.25) is 0 Å². The van der Waals surface area contributed by atoms with Crippen LogP contribution in [0.25, 0.3) is 0 Å². The van der Waals surface area contributed by atoms with E-state index in [-0.39, 0.29) is 17.9 Å². The third kappa shape index (κ3) is 3.98. The highest BCUT2D eigenvalue weighted by Gasteiger charge is 2.27. The molecule has 0 bridgehead atoms. The third-order valence-corrected chi connectivity index (χ3v) is 4.16. The van der Waals surface area contributed by atoms with E-state index in [9.17, 15) is 14.9 Å². The topological polar surface area (TPSA) is 106 Å². The molecule has 0 saturated carbocycles. The van der Waals surface area contributed by atoms with Crippen molar-refractivity contribution in [2.24, 2.45) is 4.99 Å². The molecule has 25 heavy (non-hydrogen) atoms. The zero-order valence-electron chi connectivity index (χ0n) is 13.9. The fraction of sp³-hybridized carbons (Fsp3) is 0.500. The summed E-state index contributed by atoms with van der Waals surface area (Å²) in [7, 11) is 1.36. The molecule has 9 heteroatoms. The maximum Gasteiger partial charge on any atom is 0.312 e. The predicted octanol–water partition coefficient (Wildman–Crippen LogP) is 1.07. The van der Waals surface area contributed by atoms with E-state index in [0.29, 0.717) is 12.0 Å². The van der Waals surface area contributed by atoms with E-state index in [1.165, 1.54) is 19.2 Å². The molecule has 0 amide bonds. The molecule has 1 fully saturated rings.